The van der Waals surface area contributed by atoms with E-state index in [9.17, 15) is 9.59 Å². The van der Waals surface area contributed by atoms with Crippen molar-refractivity contribution in [3.05, 3.63) is 0 Å². The van der Waals surface area contributed by atoms with Gasteiger partial charge in [-0.2, -0.15) is 0 Å². The number of nitrogens with two attached hydrogens (primary N) is 1. The molecular weight excluding hydrogens is 240 g/mol. The van der Waals surface area contributed by atoms with Gasteiger partial charge in [0.25, 0.3) is 0 Å². The Morgan fingerprint density at radius 3 is 2.71 bits per heavy atom. The van der Waals surface area contributed by atoms with E-state index in [0.717, 1.165) is 12.8 Å². The molecule has 0 aromatic carbocycles. The Labute approximate surface area is 107 Å². The maximum Gasteiger partial charge on any atom is 0.323 e. The lowest BCUT2D eigenvalue weighted by Crippen LogP contribution is -2.35. The molecule has 0 aliphatic carbocycles. The Hall–Kier alpha value is -0.750. The summed E-state index contributed by atoms with van der Waals surface area (Å²) in [7, 11) is 0. The normalized spacial score (nSPS) is 11.9. The number of esters is 1. The molecule has 0 saturated carbocycles. The molecule has 1 atom stereocenters. The van der Waals surface area contributed by atoms with Crippen molar-refractivity contribution >= 4 is 23.6 Å². The molecule has 0 aromatic heterocycles. The van der Waals surface area contributed by atoms with E-state index < -0.39 is 12.0 Å². The van der Waals surface area contributed by atoms with Crippen molar-refractivity contribution in [2.24, 2.45) is 5.73 Å². The predicted molar refractivity (Wildman–Crippen MR) is 69.9 cm³/mol. The van der Waals surface area contributed by atoms with E-state index >= 15 is 0 Å². The van der Waals surface area contributed by atoms with E-state index in [1.807, 2.05) is 0 Å². The van der Waals surface area contributed by atoms with Gasteiger partial charge in [-0.15, -0.1) is 11.8 Å². The molecule has 0 aliphatic heterocycles. The van der Waals surface area contributed by atoms with Crippen LogP contribution in [0.4, 0.5) is 0 Å². The highest BCUT2D eigenvalue weighted by molar-refractivity contribution is 8.00. The van der Waals surface area contributed by atoms with Gasteiger partial charge in [0, 0.05) is 12.3 Å². The van der Waals surface area contributed by atoms with Crippen molar-refractivity contribution in [2.75, 3.05) is 24.7 Å². The summed E-state index contributed by atoms with van der Waals surface area (Å²) in [4.78, 5) is 22.5. The molecule has 0 aliphatic rings. The topological polar surface area (TPSA) is 81.4 Å². The summed E-state index contributed by atoms with van der Waals surface area (Å²) >= 11 is 1.34. The summed E-state index contributed by atoms with van der Waals surface area (Å²) in [5.41, 5.74) is 5.58. The molecule has 6 heteroatoms. The van der Waals surface area contributed by atoms with Crippen LogP contribution in [0.25, 0.3) is 0 Å². The highest BCUT2D eigenvalue weighted by atomic mass is 32.2. The Morgan fingerprint density at radius 1 is 1.41 bits per heavy atom. The smallest absolute Gasteiger partial charge is 0.323 e. The van der Waals surface area contributed by atoms with Crippen LogP contribution >= 0.6 is 11.8 Å². The lowest BCUT2D eigenvalue weighted by Gasteiger charge is -2.10. The first kappa shape index (κ1) is 16.2. The fourth-order valence-electron chi connectivity index (χ4n) is 1.05. The Balaban J connectivity index is 3.55. The Bertz CT molecular complexity index is 237. The van der Waals surface area contributed by atoms with Crippen molar-refractivity contribution in [3.63, 3.8) is 0 Å². The van der Waals surface area contributed by atoms with E-state index in [1.54, 1.807) is 6.92 Å². The second kappa shape index (κ2) is 10.4. The minimum absolute atomic E-state index is 0.0143. The zero-order valence-corrected chi connectivity index (χ0v) is 11.3. The first-order valence-corrected chi connectivity index (χ1v) is 7.03. The minimum atomic E-state index is -0.650. The summed E-state index contributed by atoms with van der Waals surface area (Å²) in [6.45, 7) is 4.84. The lowest BCUT2D eigenvalue weighted by atomic mass is 10.3. The largest absolute Gasteiger partial charge is 0.465 e. The average Bonchev–Trinajstić information content (AvgIpc) is 2.29. The molecule has 0 rings (SSSR count). The summed E-state index contributed by atoms with van der Waals surface area (Å²) in [5, 5.41) is 2.79. The maximum absolute atomic E-state index is 11.3. The molecule has 0 radical (unpaired) electrons. The van der Waals surface area contributed by atoms with Gasteiger partial charge in [-0.25, -0.2) is 0 Å². The fourth-order valence-corrected chi connectivity index (χ4v) is 1.85. The molecule has 0 heterocycles. The number of ether oxygens (including phenoxy) is 1. The molecule has 0 fully saturated rings. The lowest BCUT2D eigenvalue weighted by molar-refractivity contribution is -0.144. The van der Waals surface area contributed by atoms with Gasteiger partial charge in [0.1, 0.15) is 6.04 Å². The van der Waals surface area contributed by atoms with E-state index in [4.69, 9.17) is 10.5 Å². The summed E-state index contributed by atoms with van der Waals surface area (Å²) in [5.74, 6) is 0.308. The minimum Gasteiger partial charge on any atom is -0.465 e. The van der Waals surface area contributed by atoms with Gasteiger partial charge in [-0.3, -0.25) is 9.59 Å². The van der Waals surface area contributed by atoms with Gasteiger partial charge >= 0.3 is 5.97 Å². The first-order valence-electron chi connectivity index (χ1n) is 5.88. The maximum atomic E-state index is 11.3. The predicted octanol–water partition coefficient (Wildman–Crippen LogP) is 0.526. The highest BCUT2D eigenvalue weighted by Crippen LogP contribution is 2.02. The van der Waals surface area contributed by atoms with Crippen LogP contribution in [0.3, 0.4) is 0 Å². The molecule has 0 saturated heterocycles. The van der Waals surface area contributed by atoms with E-state index in [-0.39, 0.29) is 5.91 Å². The number of carbonyl (C=O) groups is 2. The van der Waals surface area contributed by atoms with E-state index in [1.165, 1.54) is 11.8 Å². The van der Waals surface area contributed by atoms with Crippen LogP contribution in [0.5, 0.6) is 0 Å². The third-order valence-electron chi connectivity index (χ3n) is 1.97. The molecule has 17 heavy (non-hydrogen) atoms. The van der Waals surface area contributed by atoms with Gasteiger partial charge in [-0.05, 0) is 13.3 Å². The van der Waals surface area contributed by atoms with Gasteiger partial charge in [0.05, 0.1) is 12.4 Å². The molecule has 0 bridgehead atoms. The van der Waals surface area contributed by atoms with Crippen LogP contribution in [0.15, 0.2) is 0 Å². The van der Waals surface area contributed by atoms with Crippen molar-refractivity contribution < 1.29 is 14.3 Å². The number of carbonyl (C=O) groups excluding carboxylic acids is 2. The first-order chi connectivity index (χ1) is 8.11. The average molecular weight is 262 g/mol. The molecular formula is C11H22N2O3S. The zero-order valence-electron chi connectivity index (χ0n) is 10.5. The van der Waals surface area contributed by atoms with Crippen molar-refractivity contribution in [1.29, 1.82) is 0 Å². The summed E-state index contributed by atoms with van der Waals surface area (Å²) in [6, 6.07) is -0.650. The molecule has 0 spiro atoms. The van der Waals surface area contributed by atoms with Crippen LogP contribution in [0.2, 0.25) is 0 Å². The third-order valence-corrected chi connectivity index (χ3v) is 3.03. The second-order valence-electron chi connectivity index (χ2n) is 3.58. The second-order valence-corrected chi connectivity index (χ2v) is 4.61. The van der Waals surface area contributed by atoms with Crippen LogP contribution in [-0.4, -0.2) is 42.6 Å². The number of rotatable bonds is 9. The van der Waals surface area contributed by atoms with Crippen LogP contribution < -0.4 is 11.1 Å². The summed E-state index contributed by atoms with van der Waals surface area (Å²) < 4.78 is 4.76. The van der Waals surface area contributed by atoms with Crippen LogP contribution in [0.1, 0.15) is 26.7 Å². The van der Waals surface area contributed by atoms with Crippen molar-refractivity contribution in [2.45, 2.75) is 32.7 Å². The molecule has 3 N–H and O–H groups in total. The van der Waals surface area contributed by atoms with Crippen LogP contribution in [-0.2, 0) is 14.3 Å². The third kappa shape index (κ3) is 9.00. The number of amides is 1. The number of thioether (sulfide) groups is 1. The zero-order chi connectivity index (χ0) is 13.1. The Morgan fingerprint density at radius 2 is 2.12 bits per heavy atom. The SMILES string of the molecule is CCCCNC(=O)CSCC(N)C(=O)OCC. The van der Waals surface area contributed by atoms with Crippen LogP contribution in [0, 0.1) is 0 Å². The number of hydrogen-bond acceptors (Lipinski definition) is 5. The molecule has 1 amide bonds. The monoisotopic (exact) mass is 262 g/mol. The molecule has 1 unspecified atom stereocenters. The molecule has 0 aromatic rings. The quantitative estimate of drug-likeness (QED) is 0.468. The highest BCUT2D eigenvalue weighted by Gasteiger charge is 2.14. The fraction of sp³-hybridized carbons (Fsp3) is 0.818. The van der Waals surface area contributed by atoms with Gasteiger partial charge in [0.2, 0.25) is 5.91 Å². The standard InChI is InChI=1S/C11H22N2O3S/c1-3-5-6-13-10(14)8-17-7-9(12)11(15)16-4-2/h9H,3-8,12H2,1-2H3,(H,13,14). The molecule has 100 valence electrons. The van der Waals surface area contributed by atoms with Crippen molar-refractivity contribution in [3.8, 4) is 0 Å². The van der Waals surface area contributed by atoms with Crippen molar-refractivity contribution in [1.82, 2.24) is 5.32 Å². The van der Waals surface area contributed by atoms with E-state index in [0.29, 0.717) is 24.7 Å². The number of hydrogen-bond donors (Lipinski definition) is 2. The Kier molecular flexibility index (Phi) is 9.95. The van der Waals surface area contributed by atoms with E-state index in [2.05, 4.69) is 12.2 Å². The summed E-state index contributed by atoms with van der Waals surface area (Å²) in [6.07, 6.45) is 2.04. The number of unbranched alkanes of at least 4 members (excludes halogenated alkanes) is 1. The van der Waals surface area contributed by atoms with Gasteiger partial charge in [-0.1, -0.05) is 13.3 Å². The van der Waals surface area contributed by atoms with Gasteiger partial charge in [0.15, 0.2) is 0 Å². The molecule has 5 nitrogen and oxygen atoms in total. The van der Waals surface area contributed by atoms with Gasteiger partial charge < -0.3 is 15.8 Å². The number of nitrogens with one attached hydrogen (secondary N) is 1.